The fourth-order valence-corrected chi connectivity index (χ4v) is 3.10. The fourth-order valence-electron chi connectivity index (χ4n) is 2.85. The first-order valence-electron chi connectivity index (χ1n) is 8.12. The fraction of sp³-hybridized carbons (Fsp3) is 0.250. The highest BCUT2D eigenvalue weighted by atomic mass is 35.5. The number of carbonyl (C=O) groups excluding carboxylic acids is 1. The molecular weight excluding hydrogens is 339 g/mol. The summed E-state index contributed by atoms with van der Waals surface area (Å²) >= 11 is 5.86. The van der Waals surface area contributed by atoms with Gasteiger partial charge in [-0.2, -0.15) is 0 Å². The van der Waals surface area contributed by atoms with Crippen molar-refractivity contribution in [3.8, 4) is 11.8 Å². The van der Waals surface area contributed by atoms with Crippen LogP contribution in [0.2, 0.25) is 5.02 Å². The van der Waals surface area contributed by atoms with Gasteiger partial charge in [0, 0.05) is 13.1 Å². The monoisotopic (exact) mass is 356 g/mol. The molecule has 2 aromatic rings. The van der Waals surface area contributed by atoms with Crippen molar-refractivity contribution in [3.63, 3.8) is 0 Å². The van der Waals surface area contributed by atoms with Crippen molar-refractivity contribution in [2.45, 2.75) is 13.0 Å². The Balaban J connectivity index is 1.49. The molecule has 0 saturated carbocycles. The lowest BCUT2D eigenvalue weighted by atomic mass is 10.0. The van der Waals surface area contributed by atoms with E-state index in [-0.39, 0.29) is 17.1 Å². The number of fused-ring (bicyclic) bond motifs is 1. The maximum absolute atomic E-state index is 13.7. The van der Waals surface area contributed by atoms with E-state index in [0.717, 1.165) is 19.5 Å². The Bertz CT molecular complexity index is 821. The van der Waals surface area contributed by atoms with Crippen molar-refractivity contribution in [1.29, 1.82) is 0 Å². The largest absolute Gasteiger partial charge is 0.341 e. The lowest BCUT2D eigenvalue weighted by Crippen LogP contribution is -2.31. The highest BCUT2D eigenvalue weighted by molar-refractivity contribution is 6.33. The number of nitrogens with one attached hydrogen (secondary N) is 1. The van der Waals surface area contributed by atoms with Crippen LogP contribution < -0.4 is 5.32 Å². The first kappa shape index (κ1) is 17.5. The summed E-state index contributed by atoms with van der Waals surface area (Å²) in [5, 5.41) is 2.67. The van der Waals surface area contributed by atoms with E-state index in [2.05, 4.69) is 46.3 Å². The minimum Gasteiger partial charge on any atom is -0.341 e. The van der Waals surface area contributed by atoms with Crippen LogP contribution in [0.1, 0.15) is 21.5 Å². The summed E-state index contributed by atoms with van der Waals surface area (Å²) in [5.41, 5.74) is 2.61. The van der Waals surface area contributed by atoms with Crippen molar-refractivity contribution in [3.05, 3.63) is 70.0 Å². The molecule has 25 heavy (non-hydrogen) atoms. The molecule has 0 radical (unpaired) electrons. The summed E-state index contributed by atoms with van der Waals surface area (Å²) in [4.78, 5) is 14.2. The normalized spacial score (nSPS) is 13.5. The molecule has 0 aliphatic carbocycles. The second kappa shape index (κ2) is 8.15. The summed E-state index contributed by atoms with van der Waals surface area (Å²) in [5.74, 6) is 4.78. The minimum atomic E-state index is -0.634. The first-order chi connectivity index (χ1) is 12.1. The van der Waals surface area contributed by atoms with Gasteiger partial charge in [0.1, 0.15) is 5.82 Å². The molecule has 3 rings (SSSR count). The molecule has 1 aliphatic rings. The van der Waals surface area contributed by atoms with E-state index in [1.165, 1.54) is 29.3 Å². The minimum absolute atomic E-state index is 0.0949. The Kier molecular flexibility index (Phi) is 5.70. The Morgan fingerprint density at radius 1 is 1.16 bits per heavy atom. The van der Waals surface area contributed by atoms with Gasteiger partial charge in [-0.1, -0.05) is 53.8 Å². The molecule has 1 amide bonds. The zero-order valence-electron chi connectivity index (χ0n) is 13.7. The van der Waals surface area contributed by atoms with Gasteiger partial charge >= 0.3 is 0 Å². The van der Waals surface area contributed by atoms with Crippen LogP contribution in [0, 0.1) is 17.7 Å². The molecule has 128 valence electrons. The number of hydrogen-bond donors (Lipinski definition) is 1. The predicted molar refractivity (Wildman–Crippen MR) is 96.9 cm³/mol. The van der Waals surface area contributed by atoms with Gasteiger partial charge in [-0.3, -0.25) is 9.69 Å². The second-order valence-corrected chi connectivity index (χ2v) is 6.27. The number of carbonyl (C=O) groups is 1. The van der Waals surface area contributed by atoms with E-state index in [0.29, 0.717) is 6.54 Å². The average molecular weight is 357 g/mol. The smallest absolute Gasteiger partial charge is 0.256 e. The topological polar surface area (TPSA) is 32.3 Å². The SMILES string of the molecule is O=C(NCC#CCN1CCc2ccccc2C1)c1c(F)cccc1Cl. The van der Waals surface area contributed by atoms with E-state index in [1.807, 2.05) is 0 Å². The molecule has 1 heterocycles. The Hall–Kier alpha value is -2.35. The summed E-state index contributed by atoms with van der Waals surface area (Å²) in [6.07, 6.45) is 1.03. The number of halogens is 2. The standard InChI is InChI=1S/C20H18ClFN2O/c21-17-8-5-9-18(22)19(17)20(25)23-11-3-4-12-24-13-10-15-6-1-2-7-16(15)14-24/h1-2,5-9H,10-14H2,(H,23,25). The molecule has 0 spiro atoms. The molecular formula is C20H18ClFN2O. The van der Waals surface area contributed by atoms with Crippen LogP contribution in [0.3, 0.4) is 0 Å². The number of hydrogen-bond acceptors (Lipinski definition) is 2. The average Bonchev–Trinajstić information content (AvgIpc) is 2.61. The van der Waals surface area contributed by atoms with Gasteiger partial charge in [-0.05, 0) is 29.7 Å². The van der Waals surface area contributed by atoms with Gasteiger partial charge in [0.2, 0.25) is 0 Å². The zero-order chi connectivity index (χ0) is 17.6. The third-order valence-corrected chi connectivity index (χ3v) is 4.48. The third kappa shape index (κ3) is 4.39. The van der Waals surface area contributed by atoms with Crippen LogP contribution in [-0.2, 0) is 13.0 Å². The Morgan fingerprint density at radius 2 is 1.96 bits per heavy atom. The van der Waals surface area contributed by atoms with Crippen LogP contribution in [-0.4, -0.2) is 30.4 Å². The summed E-state index contributed by atoms with van der Waals surface area (Å²) in [6, 6.07) is 12.6. The highest BCUT2D eigenvalue weighted by Crippen LogP contribution is 2.19. The molecule has 0 aromatic heterocycles. The Morgan fingerprint density at radius 3 is 2.76 bits per heavy atom. The van der Waals surface area contributed by atoms with Crippen molar-refractivity contribution in [1.82, 2.24) is 10.2 Å². The maximum Gasteiger partial charge on any atom is 0.256 e. The van der Waals surface area contributed by atoms with E-state index in [4.69, 9.17) is 11.6 Å². The third-order valence-electron chi connectivity index (χ3n) is 4.16. The van der Waals surface area contributed by atoms with E-state index in [1.54, 1.807) is 0 Å². The van der Waals surface area contributed by atoms with Gasteiger partial charge in [0.05, 0.1) is 23.7 Å². The quantitative estimate of drug-likeness (QED) is 0.856. The van der Waals surface area contributed by atoms with Crippen LogP contribution in [0.4, 0.5) is 4.39 Å². The lowest BCUT2D eigenvalue weighted by molar-refractivity contribution is 0.0955. The van der Waals surface area contributed by atoms with Crippen LogP contribution in [0.5, 0.6) is 0 Å². The van der Waals surface area contributed by atoms with Gasteiger partial charge in [-0.25, -0.2) is 4.39 Å². The molecule has 3 nitrogen and oxygen atoms in total. The molecule has 1 N–H and O–H groups in total. The number of benzene rings is 2. The molecule has 1 aliphatic heterocycles. The van der Waals surface area contributed by atoms with E-state index < -0.39 is 11.7 Å². The number of nitrogens with zero attached hydrogens (tertiary/aromatic N) is 1. The maximum atomic E-state index is 13.7. The van der Waals surface area contributed by atoms with Gasteiger partial charge < -0.3 is 5.32 Å². The zero-order valence-corrected chi connectivity index (χ0v) is 14.4. The van der Waals surface area contributed by atoms with Gasteiger partial charge in [0.15, 0.2) is 0 Å². The van der Waals surface area contributed by atoms with E-state index in [9.17, 15) is 9.18 Å². The van der Waals surface area contributed by atoms with Crippen molar-refractivity contribution >= 4 is 17.5 Å². The summed E-state index contributed by atoms with van der Waals surface area (Å²) < 4.78 is 13.7. The van der Waals surface area contributed by atoms with Crippen molar-refractivity contribution in [2.75, 3.05) is 19.6 Å². The van der Waals surface area contributed by atoms with Crippen LogP contribution >= 0.6 is 11.6 Å². The second-order valence-electron chi connectivity index (χ2n) is 5.86. The van der Waals surface area contributed by atoms with Gasteiger partial charge in [0.25, 0.3) is 5.91 Å². The Labute approximate surface area is 151 Å². The molecule has 5 heteroatoms. The van der Waals surface area contributed by atoms with Crippen molar-refractivity contribution in [2.24, 2.45) is 0 Å². The molecule has 0 atom stereocenters. The summed E-state index contributed by atoms with van der Waals surface area (Å²) in [7, 11) is 0. The molecule has 0 saturated heterocycles. The molecule has 2 aromatic carbocycles. The molecule has 0 bridgehead atoms. The lowest BCUT2D eigenvalue weighted by Gasteiger charge is -2.26. The number of amides is 1. The molecule has 0 fully saturated rings. The first-order valence-corrected chi connectivity index (χ1v) is 8.50. The molecule has 0 unspecified atom stereocenters. The van der Waals surface area contributed by atoms with Crippen LogP contribution in [0.15, 0.2) is 42.5 Å². The summed E-state index contributed by atoms with van der Waals surface area (Å²) in [6.45, 7) is 2.67. The van der Waals surface area contributed by atoms with E-state index >= 15 is 0 Å². The van der Waals surface area contributed by atoms with Gasteiger partial charge in [-0.15, -0.1) is 0 Å². The highest BCUT2D eigenvalue weighted by Gasteiger charge is 2.15. The number of rotatable bonds is 3. The van der Waals surface area contributed by atoms with Crippen molar-refractivity contribution < 1.29 is 9.18 Å². The van der Waals surface area contributed by atoms with Crippen LogP contribution in [0.25, 0.3) is 0 Å². The predicted octanol–water partition coefficient (Wildman–Crippen LogP) is 3.27.